The van der Waals surface area contributed by atoms with Crippen LogP contribution in [0.1, 0.15) is 5.82 Å². The number of rotatable bonds is 4. The fourth-order valence-corrected chi connectivity index (χ4v) is 2.84. The highest BCUT2D eigenvalue weighted by Gasteiger charge is 2.20. The Morgan fingerprint density at radius 2 is 2.08 bits per heavy atom. The van der Waals surface area contributed by atoms with E-state index in [0.717, 1.165) is 18.8 Å². The topological polar surface area (TPSA) is 95.5 Å². The van der Waals surface area contributed by atoms with Gasteiger partial charge in [-0.15, -0.1) is 15.3 Å². The average molecular weight is 395 g/mol. The summed E-state index contributed by atoms with van der Waals surface area (Å²) in [5.74, 6) is 1.08. The zero-order valence-electron chi connectivity index (χ0n) is 13.0. The molecule has 1 aliphatic heterocycles. The fraction of sp³-hybridized carbons (Fsp3) is 0.462. The van der Waals surface area contributed by atoms with Crippen molar-refractivity contribution in [3.05, 3.63) is 23.0 Å². The maximum atomic E-state index is 5.89. The molecule has 126 valence electrons. The molecule has 11 heteroatoms. The first kappa shape index (κ1) is 15.3. The van der Waals surface area contributed by atoms with Crippen molar-refractivity contribution in [3.63, 3.8) is 0 Å². The molecule has 24 heavy (non-hydrogen) atoms. The number of halogens is 1. The highest BCUT2D eigenvalue weighted by atomic mass is 79.9. The molecular weight excluding hydrogens is 380 g/mol. The lowest BCUT2D eigenvalue weighted by atomic mass is 10.3. The van der Waals surface area contributed by atoms with Crippen molar-refractivity contribution in [1.82, 2.24) is 34.6 Å². The van der Waals surface area contributed by atoms with Crippen LogP contribution in [0.2, 0.25) is 0 Å². The fourth-order valence-electron chi connectivity index (χ4n) is 2.50. The number of hydrogen-bond acceptors (Lipinski definition) is 8. The second-order valence-electron chi connectivity index (χ2n) is 5.30. The zero-order chi connectivity index (χ0) is 16.5. The third kappa shape index (κ3) is 2.91. The molecule has 0 spiro atoms. The molecule has 0 atom stereocenters. The molecule has 10 nitrogen and oxygen atoms in total. The molecule has 0 radical (unpaired) electrons. The summed E-state index contributed by atoms with van der Waals surface area (Å²) in [6.07, 6.45) is 1.63. The van der Waals surface area contributed by atoms with Gasteiger partial charge in [-0.25, -0.2) is 4.98 Å². The lowest BCUT2D eigenvalue weighted by Crippen LogP contribution is -2.36. The van der Waals surface area contributed by atoms with Crippen molar-refractivity contribution in [2.45, 2.75) is 6.61 Å². The van der Waals surface area contributed by atoms with E-state index in [2.05, 4.69) is 46.2 Å². The van der Waals surface area contributed by atoms with E-state index in [-0.39, 0.29) is 6.61 Å². The standard InChI is InChI=1S/C13H15BrN8O2/c1-20-8-15-10(18-20)7-24-12-9(21-2-4-23-5-3-21)6-11-16-17-13(14)22(11)19-12/h6,8H,2-5,7H2,1H3. The number of ether oxygens (including phenoxy) is 2. The van der Waals surface area contributed by atoms with Crippen LogP contribution in [-0.2, 0) is 18.4 Å². The number of nitrogens with zero attached hydrogens (tertiary/aromatic N) is 8. The molecule has 0 aliphatic carbocycles. The molecule has 1 aliphatic rings. The van der Waals surface area contributed by atoms with Crippen LogP contribution in [0, 0.1) is 0 Å². The lowest BCUT2D eigenvalue weighted by Gasteiger charge is -2.29. The second kappa shape index (κ2) is 6.32. The second-order valence-corrected chi connectivity index (χ2v) is 6.01. The van der Waals surface area contributed by atoms with Crippen LogP contribution in [0.15, 0.2) is 17.1 Å². The van der Waals surface area contributed by atoms with Gasteiger partial charge < -0.3 is 14.4 Å². The number of hydrogen-bond donors (Lipinski definition) is 0. The number of anilines is 1. The molecule has 1 fully saturated rings. The summed E-state index contributed by atoms with van der Waals surface area (Å²) in [7, 11) is 1.81. The van der Waals surface area contributed by atoms with Gasteiger partial charge in [-0.3, -0.25) is 4.68 Å². The summed E-state index contributed by atoms with van der Waals surface area (Å²) < 4.78 is 15.1. The van der Waals surface area contributed by atoms with Gasteiger partial charge in [0.15, 0.2) is 18.1 Å². The Labute approximate surface area is 145 Å². The number of aromatic nitrogens is 7. The minimum Gasteiger partial charge on any atom is -0.467 e. The van der Waals surface area contributed by atoms with Crippen molar-refractivity contribution in [3.8, 4) is 5.88 Å². The smallest absolute Gasteiger partial charge is 0.256 e. The molecule has 1 saturated heterocycles. The predicted molar refractivity (Wildman–Crippen MR) is 86.8 cm³/mol. The molecule has 0 N–H and O–H groups in total. The monoisotopic (exact) mass is 394 g/mol. The van der Waals surface area contributed by atoms with Gasteiger partial charge in [0.25, 0.3) is 5.88 Å². The zero-order valence-corrected chi connectivity index (χ0v) is 14.5. The normalized spacial score (nSPS) is 15.2. The van der Waals surface area contributed by atoms with Gasteiger partial charge in [0.1, 0.15) is 12.0 Å². The Morgan fingerprint density at radius 1 is 1.25 bits per heavy atom. The number of morpholine rings is 1. The van der Waals surface area contributed by atoms with Gasteiger partial charge >= 0.3 is 0 Å². The SMILES string of the molecule is Cn1cnc(COc2nn3c(Br)nnc3cc2N2CCOCC2)n1. The van der Waals surface area contributed by atoms with E-state index in [1.165, 1.54) is 0 Å². The van der Waals surface area contributed by atoms with Crippen molar-refractivity contribution in [1.29, 1.82) is 0 Å². The van der Waals surface area contributed by atoms with Gasteiger partial charge in [0.05, 0.1) is 13.2 Å². The summed E-state index contributed by atoms with van der Waals surface area (Å²) in [5, 5.41) is 16.8. The first-order chi connectivity index (χ1) is 11.7. The molecule has 0 bridgehead atoms. The van der Waals surface area contributed by atoms with E-state index in [9.17, 15) is 0 Å². The van der Waals surface area contributed by atoms with Crippen LogP contribution < -0.4 is 9.64 Å². The van der Waals surface area contributed by atoms with Crippen molar-refractivity contribution in [2.75, 3.05) is 31.2 Å². The molecule has 0 unspecified atom stereocenters. The summed E-state index contributed by atoms with van der Waals surface area (Å²) in [6, 6.07) is 1.91. The number of fused-ring (bicyclic) bond motifs is 1. The van der Waals surface area contributed by atoms with E-state index in [1.54, 1.807) is 15.5 Å². The molecule has 3 aromatic heterocycles. The Bertz CT molecular complexity index is 857. The van der Waals surface area contributed by atoms with E-state index in [4.69, 9.17) is 9.47 Å². The number of aryl methyl sites for hydroxylation is 1. The maximum Gasteiger partial charge on any atom is 0.256 e. The van der Waals surface area contributed by atoms with Gasteiger partial charge in [0.2, 0.25) is 4.73 Å². The third-order valence-electron chi connectivity index (χ3n) is 3.64. The Balaban J connectivity index is 1.68. The van der Waals surface area contributed by atoms with Gasteiger partial charge in [-0.1, -0.05) is 0 Å². The molecule has 4 heterocycles. The highest BCUT2D eigenvalue weighted by molar-refractivity contribution is 9.10. The Kier molecular flexibility index (Phi) is 4.02. The molecular formula is C13H15BrN8O2. The van der Waals surface area contributed by atoms with E-state index >= 15 is 0 Å². The molecule has 0 amide bonds. The molecule has 4 rings (SSSR count). The Morgan fingerprint density at radius 3 is 2.83 bits per heavy atom. The van der Waals surface area contributed by atoms with E-state index in [0.29, 0.717) is 35.3 Å². The van der Waals surface area contributed by atoms with Crippen LogP contribution in [0.4, 0.5) is 5.69 Å². The largest absolute Gasteiger partial charge is 0.467 e. The molecule has 3 aromatic rings. The Hall–Kier alpha value is -2.27. The highest BCUT2D eigenvalue weighted by Crippen LogP contribution is 2.29. The maximum absolute atomic E-state index is 5.89. The van der Waals surface area contributed by atoms with E-state index < -0.39 is 0 Å². The first-order valence-electron chi connectivity index (χ1n) is 7.42. The minimum atomic E-state index is 0.233. The predicted octanol–water partition coefficient (Wildman–Crippen LogP) is 0.431. The van der Waals surface area contributed by atoms with Crippen LogP contribution >= 0.6 is 15.9 Å². The van der Waals surface area contributed by atoms with Gasteiger partial charge in [0, 0.05) is 26.2 Å². The van der Waals surface area contributed by atoms with Gasteiger partial charge in [-0.2, -0.15) is 9.61 Å². The van der Waals surface area contributed by atoms with Crippen LogP contribution in [0.3, 0.4) is 0 Å². The van der Waals surface area contributed by atoms with Gasteiger partial charge in [-0.05, 0) is 15.9 Å². The lowest BCUT2D eigenvalue weighted by molar-refractivity contribution is 0.122. The summed E-state index contributed by atoms with van der Waals surface area (Å²) >= 11 is 3.33. The summed E-state index contributed by atoms with van der Waals surface area (Å²) in [5.41, 5.74) is 1.51. The van der Waals surface area contributed by atoms with Crippen LogP contribution in [0.5, 0.6) is 5.88 Å². The van der Waals surface area contributed by atoms with E-state index in [1.807, 2.05) is 13.1 Å². The van der Waals surface area contributed by atoms with Crippen molar-refractivity contribution in [2.24, 2.45) is 7.05 Å². The van der Waals surface area contributed by atoms with Crippen LogP contribution in [-0.4, -0.2) is 60.9 Å². The average Bonchev–Trinajstić information content (AvgIpc) is 3.19. The summed E-state index contributed by atoms with van der Waals surface area (Å²) in [6.45, 7) is 3.11. The summed E-state index contributed by atoms with van der Waals surface area (Å²) in [4.78, 5) is 6.33. The van der Waals surface area contributed by atoms with Crippen molar-refractivity contribution < 1.29 is 9.47 Å². The quantitative estimate of drug-likeness (QED) is 0.628. The first-order valence-corrected chi connectivity index (χ1v) is 8.22. The third-order valence-corrected chi connectivity index (χ3v) is 4.13. The molecule has 0 saturated carbocycles. The van der Waals surface area contributed by atoms with Crippen molar-refractivity contribution >= 4 is 27.3 Å². The van der Waals surface area contributed by atoms with Crippen LogP contribution in [0.25, 0.3) is 5.65 Å². The molecule has 0 aromatic carbocycles. The minimum absolute atomic E-state index is 0.233.